The number of rotatable bonds is 3. The lowest BCUT2D eigenvalue weighted by atomic mass is 10.1. The quantitative estimate of drug-likeness (QED) is 0.627. The van der Waals surface area contributed by atoms with Gasteiger partial charge in [0.15, 0.2) is 0 Å². The summed E-state index contributed by atoms with van der Waals surface area (Å²) in [6.45, 7) is 3.80. The molecule has 120 valence electrons. The van der Waals surface area contributed by atoms with Crippen molar-refractivity contribution in [2.75, 3.05) is 0 Å². The normalized spacial score (nSPS) is 10.8. The van der Waals surface area contributed by atoms with E-state index in [-0.39, 0.29) is 5.56 Å². The van der Waals surface area contributed by atoms with Crippen molar-refractivity contribution in [3.8, 4) is 6.07 Å². The Hall–Kier alpha value is -2.17. The smallest absolute Gasteiger partial charge is 0.258 e. The standard InChI is InChI=1S/C17H13BrN4OS/c1-10-5-11(2)20-17(14(10)7-19)24-9-13-6-16(23)22-8-12(18)3-4-15(22)21-13/h3-6,8H,9H2,1-2H3. The second-order valence-electron chi connectivity index (χ2n) is 5.32. The first kappa shape index (κ1) is 16.7. The third-order valence-electron chi connectivity index (χ3n) is 3.46. The van der Waals surface area contributed by atoms with E-state index >= 15 is 0 Å². The van der Waals surface area contributed by atoms with Crippen LogP contribution in [-0.2, 0) is 5.75 Å². The van der Waals surface area contributed by atoms with Crippen LogP contribution in [0.2, 0.25) is 0 Å². The zero-order valence-electron chi connectivity index (χ0n) is 13.1. The van der Waals surface area contributed by atoms with Gasteiger partial charge in [-0.1, -0.05) is 11.8 Å². The lowest BCUT2D eigenvalue weighted by Crippen LogP contribution is -2.15. The minimum atomic E-state index is -0.134. The molecule has 3 rings (SSSR count). The van der Waals surface area contributed by atoms with Crippen molar-refractivity contribution in [2.24, 2.45) is 0 Å². The molecule has 0 aliphatic carbocycles. The molecule has 3 aromatic rings. The molecule has 0 amide bonds. The maximum absolute atomic E-state index is 12.2. The van der Waals surface area contributed by atoms with Crippen LogP contribution in [0.4, 0.5) is 0 Å². The van der Waals surface area contributed by atoms with Crippen molar-refractivity contribution in [1.82, 2.24) is 14.4 Å². The minimum absolute atomic E-state index is 0.134. The summed E-state index contributed by atoms with van der Waals surface area (Å²) in [6.07, 6.45) is 1.70. The predicted molar refractivity (Wildman–Crippen MR) is 97.1 cm³/mol. The van der Waals surface area contributed by atoms with Crippen LogP contribution < -0.4 is 5.56 Å². The van der Waals surface area contributed by atoms with E-state index in [9.17, 15) is 10.1 Å². The first-order chi connectivity index (χ1) is 11.5. The summed E-state index contributed by atoms with van der Waals surface area (Å²) in [5.41, 5.74) is 3.47. The lowest BCUT2D eigenvalue weighted by molar-refractivity contribution is 0.999. The molecule has 0 aliphatic rings. The van der Waals surface area contributed by atoms with Gasteiger partial charge in [-0.3, -0.25) is 9.20 Å². The highest BCUT2D eigenvalue weighted by Gasteiger charge is 2.11. The number of nitrogens with zero attached hydrogens (tertiary/aromatic N) is 4. The molecule has 24 heavy (non-hydrogen) atoms. The second kappa shape index (κ2) is 6.75. The van der Waals surface area contributed by atoms with Crippen molar-refractivity contribution >= 4 is 33.3 Å². The highest BCUT2D eigenvalue weighted by Crippen LogP contribution is 2.26. The van der Waals surface area contributed by atoms with Crippen molar-refractivity contribution in [2.45, 2.75) is 24.6 Å². The van der Waals surface area contributed by atoms with Crippen molar-refractivity contribution in [1.29, 1.82) is 5.26 Å². The fourth-order valence-electron chi connectivity index (χ4n) is 2.39. The monoisotopic (exact) mass is 400 g/mol. The van der Waals surface area contributed by atoms with Gasteiger partial charge in [0.2, 0.25) is 0 Å². The Kier molecular flexibility index (Phi) is 4.69. The maximum Gasteiger partial charge on any atom is 0.258 e. The Morgan fingerprint density at radius 2 is 2.08 bits per heavy atom. The van der Waals surface area contributed by atoms with Crippen molar-refractivity contribution < 1.29 is 0 Å². The first-order valence-corrected chi connectivity index (χ1v) is 8.95. The van der Waals surface area contributed by atoms with Gasteiger partial charge in [0, 0.05) is 28.2 Å². The van der Waals surface area contributed by atoms with E-state index in [2.05, 4.69) is 32.0 Å². The average molecular weight is 401 g/mol. The molecule has 0 atom stereocenters. The third-order valence-corrected chi connectivity index (χ3v) is 4.93. The predicted octanol–water partition coefficient (Wildman–Crippen LogP) is 3.63. The summed E-state index contributed by atoms with van der Waals surface area (Å²) in [6, 6.07) is 9.24. The highest BCUT2D eigenvalue weighted by molar-refractivity contribution is 9.10. The van der Waals surface area contributed by atoms with Crippen LogP contribution in [0.1, 0.15) is 22.5 Å². The van der Waals surface area contributed by atoms with Crippen LogP contribution >= 0.6 is 27.7 Å². The minimum Gasteiger partial charge on any atom is -0.269 e. The van der Waals surface area contributed by atoms with Gasteiger partial charge in [0.25, 0.3) is 5.56 Å². The van der Waals surface area contributed by atoms with E-state index < -0.39 is 0 Å². The number of nitriles is 1. The van der Waals surface area contributed by atoms with Gasteiger partial charge >= 0.3 is 0 Å². The molecule has 0 spiro atoms. The SMILES string of the molecule is Cc1cc(C)c(C#N)c(SCc2cc(=O)n3cc(Br)ccc3n2)n1. The molecule has 5 nitrogen and oxygen atoms in total. The van der Waals surface area contributed by atoms with Gasteiger partial charge in [-0.05, 0) is 53.5 Å². The number of halogens is 1. The summed E-state index contributed by atoms with van der Waals surface area (Å²) in [5, 5.41) is 10.00. The zero-order chi connectivity index (χ0) is 17.3. The van der Waals surface area contributed by atoms with E-state index in [1.807, 2.05) is 26.0 Å². The molecule has 0 bridgehead atoms. The largest absolute Gasteiger partial charge is 0.269 e. The van der Waals surface area contributed by atoms with E-state index in [1.54, 1.807) is 12.3 Å². The first-order valence-electron chi connectivity index (χ1n) is 7.17. The van der Waals surface area contributed by atoms with Crippen LogP contribution in [0.3, 0.4) is 0 Å². The van der Waals surface area contributed by atoms with Crippen LogP contribution in [0.5, 0.6) is 0 Å². The van der Waals surface area contributed by atoms with Gasteiger partial charge in [0.1, 0.15) is 16.7 Å². The third kappa shape index (κ3) is 3.35. The summed E-state index contributed by atoms with van der Waals surface area (Å²) >= 11 is 4.77. The molecule has 3 aromatic heterocycles. The molecule has 0 aromatic carbocycles. The van der Waals surface area contributed by atoms with Gasteiger partial charge in [-0.15, -0.1) is 0 Å². The van der Waals surface area contributed by atoms with E-state index in [0.29, 0.717) is 27.7 Å². The van der Waals surface area contributed by atoms with E-state index in [1.165, 1.54) is 22.2 Å². The molecule has 0 N–H and O–H groups in total. The van der Waals surface area contributed by atoms with Gasteiger partial charge in [-0.2, -0.15) is 5.26 Å². The summed E-state index contributed by atoms with van der Waals surface area (Å²) in [4.78, 5) is 21.2. The molecular weight excluding hydrogens is 388 g/mol. The lowest BCUT2D eigenvalue weighted by Gasteiger charge is -2.08. The topological polar surface area (TPSA) is 71.0 Å². The molecule has 0 fully saturated rings. The Labute approximate surface area is 151 Å². The van der Waals surface area contributed by atoms with Crippen LogP contribution in [0.25, 0.3) is 5.65 Å². The summed E-state index contributed by atoms with van der Waals surface area (Å²) in [7, 11) is 0. The summed E-state index contributed by atoms with van der Waals surface area (Å²) < 4.78 is 2.31. The van der Waals surface area contributed by atoms with E-state index in [4.69, 9.17) is 0 Å². The zero-order valence-corrected chi connectivity index (χ0v) is 15.5. The number of pyridine rings is 2. The van der Waals surface area contributed by atoms with Crippen LogP contribution in [-0.4, -0.2) is 14.4 Å². The van der Waals surface area contributed by atoms with E-state index in [0.717, 1.165) is 15.7 Å². The Balaban J connectivity index is 1.93. The molecule has 0 aliphatic heterocycles. The Morgan fingerprint density at radius 1 is 1.29 bits per heavy atom. The molecular formula is C17H13BrN4OS. The molecule has 0 radical (unpaired) electrons. The van der Waals surface area contributed by atoms with Crippen LogP contribution in [0, 0.1) is 25.2 Å². The fraction of sp³-hybridized carbons (Fsp3) is 0.176. The number of thioether (sulfide) groups is 1. The van der Waals surface area contributed by atoms with Crippen molar-refractivity contribution in [3.05, 3.63) is 67.8 Å². The second-order valence-corrected chi connectivity index (χ2v) is 7.20. The fourth-order valence-corrected chi connectivity index (χ4v) is 3.71. The number of fused-ring (bicyclic) bond motifs is 1. The number of hydrogen-bond acceptors (Lipinski definition) is 5. The number of aromatic nitrogens is 3. The number of aryl methyl sites for hydroxylation is 2. The molecule has 0 saturated heterocycles. The van der Waals surface area contributed by atoms with Crippen LogP contribution in [0.15, 0.2) is 44.8 Å². The molecule has 3 heterocycles. The average Bonchev–Trinajstić information content (AvgIpc) is 2.53. The number of hydrogen-bond donors (Lipinski definition) is 0. The van der Waals surface area contributed by atoms with Gasteiger partial charge in [-0.25, -0.2) is 9.97 Å². The molecule has 7 heteroatoms. The Bertz CT molecular complexity index is 1040. The van der Waals surface area contributed by atoms with Crippen molar-refractivity contribution in [3.63, 3.8) is 0 Å². The maximum atomic E-state index is 12.2. The molecule has 0 unspecified atom stereocenters. The highest BCUT2D eigenvalue weighted by atomic mass is 79.9. The molecule has 0 saturated carbocycles. The van der Waals surface area contributed by atoms with Gasteiger partial charge < -0.3 is 0 Å². The van der Waals surface area contributed by atoms with Gasteiger partial charge in [0.05, 0.1) is 11.3 Å². The summed E-state index contributed by atoms with van der Waals surface area (Å²) in [5.74, 6) is 0.479. The Morgan fingerprint density at radius 3 is 2.83 bits per heavy atom.